The molecule has 0 radical (unpaired) electrons. The highest BCUT2D eigenvalue weighted by Crippen LogP contribution is 2.28. The summed E-state index contributed by atoms with van der Waals surface area (Å²) in [7, 11) is 3.25. The summed E-state index contributed by atoms with van der Waals surface area (Å²) in [4.78, 5) is 13.3. The standard InChI is InChI=1S/C17H21N3O2S/c1-17(2,3)8-6-13-10-14(15(23-13)16(21)22-5)18-11-12-7-9-20(4)19-12/h7,9-10,18H,11H2,1-5H3. The SMILES string of the molecule is COC(=O)c1sc(C#CC(C)(C)C)cc1NCc1ccn(C)n1. The minimum atomic E-state index is -0.359. The number of carbonyl (C=O) groups is 1. The summed E-state index contributed by atoms with van der Waals surface area (Å²) in [6, 6.07) is 3.82. The first-order chi connectivity index (χ1) is 10.8. The largest absolute Gasteiger partial charge is 0.465 e. The zero-order valence-corrected chi connectivity index (χ0v) is 14.9. The second kappa shape index (κ2) is 6.88. The third-order valence-electron chi connectivity index (χ3n) is 2.89. The number of ether oxygens (including phenoxy) is 1. The molecule has 0 aliphatic rings. The molecule has 2 rings (SSSR count). The number of rotatable bonds is 4. The average Bonchev–Trinajstić information content (AvgIpc) is 3.07. The van der Waals surface area contributed by atoms with Crippen LogP contribution in [-0.2, 0) is 18.3 Å². The van der Waals surface area contributed by atoms with E-state index in [0.29, 0.717) is 11.4 Å². The Morgan fingerprint density at radius 2 is 2.22 bits per heavy atom. The van der Waals surface area contributed by atoms with E-state index in [9.17, 15) is 4.79 Å². The van der Waals surface area contributed by atoms with Gasteiger partial charge in [0.25, 0.3) is 0 Å². The summed E-state index contributed by atoms with van der Waals surface area (Å²) in [5.74, 6) is 5.95. The van der Waals surface area contributed by atoms with E-state index in [1.807, 2.05) is 25.4 Å². The molecule has 23 heavy (non-hydrogen) atoms. The Bertz CT molecular complexity index is 757. The highest BCUT2D eigenvalue weighted by atomic mass is 32.1. The van der Waals surface area contributed by atoms with E-state index in [1.165, 1.54) is 18.4 Å². The summed E-state index contributed by atoms with van der Waals surface area (Å²) in [5.41, 5.74) is 1.54. The maximum atomic E-state index is 11.9. The average molecular weight is 331 g/mol. The van der Waals surface area contributed by atoms with Crippen LogP contribution in [0.4, 0.5) is 5.69 Å². The van der Waals surface area contributed by atoms with Crippen molar-refractivity contribution in [2.75, 3.05) is 12.4 Å². The van der Waals surface area contributed by atoms with E-state index in [-0.39, 0.29) is 11.4 Å². The Labute approximate surface area is 140 Å². The van der Waals surface area contributed by atoms with Gasteiger partial charge < -0.3 is 10.1 Å². The van der Waals surface area contributed by atoms with Gasteiger partial charge in [-0.1, -0.05) is 11.8 Å². The van der Waals surface area contributed by atoms with Gasteiger partial charge in [-0.2, -0.15) is 5.10 Å². The molecule has 0 atom stereocenters. The second-order valence-electron chi connectivity index (χ2n) is 6.18. The molecular formula is C17H21N3O2S. The minimum Gasteiger partial charge on any atom is -0.465 e. The first-order valence-electron chi connectivity index (χ1n) is 7.26. The maximum Gasteiger partial charge on any atom is 0.350 e. The van der Waals surface area contributed by atoms with Gasteiger partial charge in [0.1, 0.15) is 4.88 Å². The van der Waals surface area contributed by atoms with Crippen molar-refractivity contribution in [3.05, 3.63) is 33.8 Å². The zero-order valence-electron chi connectivity index (χ0n) is 14.1. The molecule has 0 bridgehead atoms. The summed E-state index contributed by atoms with van der Waals surface area (Å²) >= 11 is 1.34. The van der Waals surface area contributed by atoms with Crippen LogP contribution in [0.1, 0.15) is 41.0 Å². The number of carbonyl (C=O) groups excluding carboxylic acids is 1. The van der Waals surface area contributed by atoms with Crippen molar-refractivity contribution in [1.29, 1.82) is 0 Å². The van der Waals surface area contributed by atoms with Gasteiger partial charge in [0.2, 0.25) is 0 Å². The molecule has 0 saturated carbocycles. The lowest BCUT2D eigenvalue weighted by atomic mass is 9.98. The van der Waals surface area contributed by atoms with Gasteiger partial charge in [-0.15, -0.1) is 11.3 Å². The molecule has 5 nitrogen and oxygen atoms in total. The molecule has 0 fully saturated rings. The van der Waals surface area contributed by atoms with E-state index < -0.39 is 0 Å². The summed E-state index contributed by atoms with van der Waals surface area (Å²) in [6.07, 6.45) is 1.88. The van der Waals surface area contributed by atoms with Crippen LogP contribution in [0.25, 0.3) is 0 Å². The van der Waals surface area contributed by atoms with Crippen LogP contribution in [0, 0.1) is 17.3 Å². The maximum absolute atomic E-state index is 11.9. The Balaban J connectivity index is 2.23. The molecule has 0 aliphatic carbocycles. The molecule has 0 aliphatic heterocycles. The smallest absolute Gasteiger partial charge is 0.350 e. The predicted octanol–water partition coefficient (Wildman–Crippen LogP) is 3.28. The number of methoxy groups -OCH3 is 1. The third kappa shape index (κ3) is 4.86. The van der Waals surface area contributed by atoms with E-state index in [1.54, 1.807) is 4.68 Å². The third-order valence-corrected chi connectivity index (χ3v) is 3.92. The van der Waals surface area contributed by atoms with Crippen LogP contribution < -0.4 is 5.32 Å². The highest BCUT2D eigenvalue weighted by Gasteiger charge is 2.17. The minimum absolute atomic E-state index is 0.0863. The molecule has 2 heterocycles. The molecule has 1 N–H and O–H groups in total. The molecule has 0 amide bonds. The molecule has 0 aromatic carbocycles. The van der Waals surface area contributed by atoms with E-state index in [2.05, 4.69) is 43.0 Å². The summed E-state index contributed by atoms with van der Waals surface area (Å²) in [6.45, 7) is 6.69. The number of thiophene rings is 1. The van der Waals surface area contributed by atoms with Crippen molar-refractivity contribution in [2.45, 2.75) is 27.3 Å². The van der Waals surface area contributed by atoms with Crippen molar-refractivity contribution in [3.63, 3.8) is 0 Å². The lowest BCUT2D eigenvalue weighted by molar-refractivity contribution is 0.0607. The molecule has 2 aromatic rings. The van der Waals surface area contributed by atoms with Gasteiger partial charge >= 0.3 is 5.97 Å². The van der Waals surface area contributed by atoms with E-state index >= 15 is 0 Å². The van der Waals surface area contributed by atoms with Crippen molar-refractivity contribution in [2.24, 2.45) is 12.5 Å². The summed E-state index contributed by atoms with van der Waals surface area (Å²) in [5, 5.41) is 7.55. The van der Waals surface area contributed by atoms with E-state index in [4.69, 9.17) is 4.74 Å². The Morgan fingerprint density at radius 1 is 1.48 bits per heavy atom. The fourth-order valence-electron chi connectivity index (χ4n) is 1.82. The number of hydrogen-bond acceptors (Lipinski definition) is 5. The lowest BCUT2D eigenvalue weighted by Crippen LogP contribution is -2.06. The van der Waals surface area contributed by atoms with Crippen molar-refractivity contribution in [3.8, 4) is 11.8 Å². The van der Waals surface area contributed by atoms with Crippen molar-refractivity contribution < 1.29 is 9.53 Å². The number of hydrogen-bond donors (Lipinski definition) is 1. The van der Waals surface area contributed by atoms with Crippen LogP contribution in [-0.4, -0.2) is 22.9 Å². The Kier molecular flexibility index (Phi) is 5.12. The number of esters is 1. The molecule has 2 aromatic heterocycles. The first kappa shape index (κ1) is 17.1. The van der Waals surface area contributed by atoms with Gasteiger partial charge in [-0.25, -0.2) is 4.79 Å². The van der Waals surface area contributed by atoms with Crippen LogP contribution >= 0.6 is 11.3 Å². The number of anilines is 1. The van der Waals surface area contributed by atoms with Crippen LogP contribution in [0.5, 0.6) is 0 Å². The predicted molar refractivity (Wildman–Crippen MR) is 92.5 cm³/mol. The van der Waals surface area contributed by atoms with Gasteiger partial charge in [0.05, 0.1) is 29.9 Å². The Morgan fingerprint density at radius 3 is 2.78 bits per heavy atom. The lowest BCUT2D eigenvalue weighted by Gasteiger charge is -2.06. The topological polar surface area (TPSA) is 56.1 Å². The monoisotopic (exact) mass is 331 g/mol. The quantitative estimate of drug-likeness (QED) is 0.690. The molecule has 122 valence electrons. The normalized spacial score (nSPS) is 10.8. The highest BCUT2D eigenvalue weighted by molar-refractivity contribution is 7.15. The number of nitrogens with one attached hydrogen (secondary N) is 1. The summed E-state index contributed by atoms with van der Waals surface area (Å²) < 4.78 is 6.60. The zero-order chi connectivity index (χ0) is 17.0. The molecule has 6 heteroatoms. The number of aromatic nitrogens is 2. The number of nitrogens with zero attached hydrogens (tertiary/aromatic N) is 2. The molecular weight excluding hydrogens is 310 g/mol. The molecule has 0 spiro atoms. The van der Waals surface area contributed by atoms with Gasteiger partial charge in [0.15, 0.2) is 0 Å². The first-order valence-corrected chi connectivity index (χ1v) is 8.08. The van der Waals surface area contributed by atoms with Gasteiger partial charge in [-0.3, -0.25) is 4.68 Å². The van der Waals surface area contributed by atoms with Gasteiger partial charge in [0, 0.05) is 18.7 Å². The second-order valence-corrected chi connectivity index (χ2v) is 7.23. The Hall–Kier alpha value is -2.26. The fraction of sp³-hybridized carbons (Fsp3) is 0.412. The number of aryl methyl sites for hydroxylation is 1. The van der Waals surface area contributed by atoms with Crippen LogP contribution in [0.3, 0.4) is 0 Å². The van der Waals surface area contributed by atoms with Crippen LogP contribution in [0.15, 0.2) is 18.3 Å². The molecule has 0 unspecified atom stereocenters. The van der Waals surface area contributed by atoms with Crippen LogP contribution in [0.2, 0.25) is 0 Å². The molecule has 0 saturated heterocycles. The van der Waals surface area contributed by atoms with Gasteiger partial charge in [-0.05, 0) is 32.9 Å². The van der Waals surface area contributed by atoms with Crippen molar-refractivity contribution >= 4 is 23.0 Å². The fourth-order valence-corrected chi connectivity index (χ4v) is 2.73. The van der Waals surface area contributed by atoms with E-state index in [0.717, 1.165) is 16.3 Å². The van der Waals surface area contributed by atoms with Crippen molar-refractivity contribution in [1.82, 2.24) is 9.78 Å².